The van der Waals surface area contributed by atoms with Gasteiger partial charge >= 0.3 is 0 Å². The molecule has 3 heterocycles. The molecule has 3 aliphatic rings. The third-order valence-corrected chi connectivity index (χ3v) is 5.49. The lowest BCUT2D eigenvalue weighted by atomic mass is 9.83. The molecule has 0 saturated carbocycles. The first-order valence-corrected chi connectivity index (χ1v) is 8.99. The number of piperidine rings is 3. The molecule has 5 rings (SSSR count). The van der Waals surface area contributed by atoms with Crippen LogP contribution in [0, 0.1) is 16.0 Å². The van der Waals surface area contributed by atoms with Gasteiger partial charge in [0.05, 0.1) is 10.5 Å². The van der Waals surface area contributed by atoms with Crippen molar-refractivity contribution >= 4 is 17.2 Å². The normalized spacial score (nSPS) is 24.2. The van der Waals surface area contributed by atoms with E-state index in [9.17, 15) is 14.9 Å². The zero-order chi connectivity index (χ0) is 18.1. The van der Waals surface area contributed by atoms with Crippen LogP contribution in [0.15, 0.2) is 48.5 Å². The first-order chi connectivity index (χ1) is 12.6. The van der Waals surface area contributed by atoms with Gasteiger partial charge in [-0.15, -0.1) is 0 Å². The molecule has 3 saturated heterocycles. The average molecular weight is 351 g/mol. The first kappa shape index (κ1) is 16.7. The van der Waals surface area contributed by atoms with Crippen LogP contribution in [0.4, 0.5) is 11.4 Å². The van der Waals surface area contributed by atoms with Crippen molar-refractivity contribution < 1.29 is 9.72 Å². The monoisotopic (exact) mass is 351 g/mol. The number of hydrogen-bond acceptors (Lipinski definition) is 5. The molecule has 1 unspecified atom stereocenters. The molecule has 6 heteroatoms. The lowest BCUT2D eigenvalue weighted by Gasteiger charge is -2.45. The highest BCUT2D eigenvalue weighted by Gasteiger charge is 2.34. The number of rotatable bonds is 5. The molecule has 0 spiro atoms. The minimum absolute atomic E-state index is 0.0660. The minimum atomic E-state index is -0.459. The number of fused-ring (bicyclic) bond motifs is 3. The van der Waals surface area contributed by atoms with Gasteiger partial charge in [0, 0.05) is 36.0 Å². The van der Waals surface area contributed by atoms with Gasteiger partial charge in [0.2, 0.25) is 0 Å². The number of carbonyl (C=O) groups excluding carboxylic acids is 1. The Hall–Kier alpha value is -2.73. The SMILES string of the molecule is O=C(c1ccccc1)c1cc([N+](=O)[O-])ccc1NC1CN2CCC1CC2. The number of nitrogens with zero attached hydrogens (tertiary/aromatic N) is 2. The number of carbonyl (C=O) groups is 1. The third-order valence-electron chi connectivity index (χ3n) is 5.49. The zero-order valence-electron chi connectivity index (χ0n) is 14.4. The van der Waals surface area contributed by atoms with E-state index < -0.39 is 4.92 Å². The van der Waals surface area contributed by atoms with Crippen molar-refractivity contribution in [2.75, 3.05) is 25.0 Å². The highest BCUT2D eigenvalue weighted by molar-refractivity contribution is 6.12. The second kappa shape index (κ2) is 6.88. The molecule has 2 aromatic rings. The van der Waals surface area contributed by atoms with Crippen LogP contribution in [0.3, 0.4) is 0 Å². The average Bonchev–Trinajstić information content (AvgIpc) is 2.69. The summed E-state index contributed by atoms with van der Waals surface area (Å²) in [4.78, 5) is 26.1. The van der Waals surface area contributed by atoms with Gasteiger partial charge in [0.25, 0.3) is 5.69 Å². The molecule has 2 aromatic carbocycles. The molecule has 3 aliphatic heterocycles. The summed E-state index contributed by atoms with van der Waals surface area (Å²) in [6, 6.07) is 13.7. The molecule has 6 nitrogen and oxygen atoms in total. The highest BCUT2D eigenvalue weighted by atomic mass is 16.6. The van der Waals surface area contributed by atoms with E-state index in [1.54, 1.807) is 30.3 Å². The fourth-order valence-corrected chi connectivity index (χ4v) is 4.03. The minimum Gasteiger partial charge on any atom is -0.380 e. The van der Waals surface area contributed by atoms with Crippen LogP contribution in [0.2, 0.25) is 0 Å². The Bertz CT molecular complexity index is 829. The molecule has 26 heavy (non-hydrogen) atoms. The van der Waals surface area contributed by atoms with Crippen molar-refractivity contribution in [3.05, 3.63) is 69.8 Å². The van der Waals surface area contributed by atoms with Crippen LogP contribution in [0.25, 0.3) is 0 Å². The molecule has 1 atom stereocenters. The Labute approximate surface area is 152 Å². The van der Waals surface area contributed by atoms with E-state index in [4.69, 9.17) is 0 Å². The second-order valence-electron chi connectivity index (χ2n) is 7.07. The van der Waals surface area contributed by atoms with Crippen LogP contribution < -0.4 is 5.32 Å². The molecule has 0 aromatic heterocycles. The smallest absolute Gasteiger partial charge is 0.270 e. The maximum Gasteiger partial charge on any atom is 0.270 e. The maximum atomic E-state index is 13.0. The van der Waals surface area contributed by atoms with E-state index >= 15 is 0 Å². The fourth-order valence-electron chi connectivity index (χ4n) is 4.03. The lowest BCUT2D eigenvalue weighted by Crippen LogP contribution is -2.53. The van der Waals surface area contributed by atoms with Crippen LogP contribution in [0.1, 0.15) is 28.8 Å². The van der Waals surface area contributed by atoms with Crippen LogP contribution in [-0.4, -0.2) is 41.3 Å². The maximum absolute atomic E-state index is 13.0. The summed E-state index contributed by atoms with van der Waals surface area (Å²) in [6.45, 7) is 3.23. The van der Waals surface area contributed by atoms with Gasteiger partial charge in [0.15, 0.2) is 5.78 Å². The molecule has 0 amide bonds. The van der Waals surface area contributed by atoms with Crippen LogP contribution >= 0.6 is 0 Å². The molecule has 3 fully saturated rings. The van der Waals surface area contributed by atoms with Crippen molar-refractivity contribution in [2.24, 2.45) is 5.92 Å². The summed E-state index contributed by atoms with van der Waals surface area (Å²) in [5.41, 5.74) is 1.51. The summed E-state index contributed by atoms with van der Waals surface area (Å²) in [5, 5.41) is 14.7. The van der Waals surface area contributed by atoms with E-state index in [0.29, 0.717) is 22.7 Å². The van der Waals surface area contributed by atoms with Crippen LogP contribution in [-0.2, 0) is 0 Å². The Morgan fingerprint density at radius 2 is 1.85 bits per heavy atom. The number of nitrogens with one attached hydrogen (secondary N) is 1. The number of benzene rings is 2. The summed E-state index contributed by atoms with van der Waals surface area (Å²) in [5.74, 6) is 0.396. The summed E-state index contributed by atoms with van der Waals surface area (Å²) in [6.07, 6.45) is 2.32. The van der Waals surface area contributed by atoms with Gasteiger partial charge in [-0.3, -0.25) is 14.9 Å². The molecule has 134 valence electrons. The van der Waals surface area contributed by atoms with E-state index in [2.05, 4.69) is 10.2 Å². The third kappa shape index (κ3) is 3.20. The Morgan fingerprint density at radius 3 is 2.46 bits per heavy atom. The van der Waals surface area contributed by atoms with E-state index in [1.807, 2.05) is 6.07 Å². The van der Waals surface area contributed by atoms with Gasteiger partial charge in [-0.1, -0.05) is 30.3 Å². The van der Waals surface area contributed by atoms with Crippen LogP contribution in [0.5, 0.6) is 0 Å². The van der Waals surface area contributed by atoms with Gasteiger partial charge in [-0.05, 0) is 37.9 Å². The molecule has 1 N–H and O–H groups in total. The Balaban J connectivity index is 1.67. The summed E-state index contributed by atoms with van der Waals surface area (Å²) < 4.78 is 0. The van der Waals surface area contributed by atoms with Gasteiger partial charge < -0.3 is 10.2 Å². The van der Waals surface area contributed by atoms with Crippen molar-refractivity contribution in [1.29, 1.82) is 0 Å². The summed E-state index contributed by atoms with van der Waals surface area (Å²) >= 11 is 0. The summed E-state index contributed by atoms with van der Waals surface area (Å²) in [7, 11) is 0. The second-order valence-corrected chi connectivity index (χ2v) is 7.07. The van der Waals surface area contributed by atoms with Crippen molar-refractivity contribution in [1.82, 2.24) is 4.90 Å². The van der Waals surface area contributed by atoms with Gasteiger partial charge in [0.1, 0.15) is 0 Å². The van der Waals surface area contributed by atoms with E-state index in [0.717, 1.165) is 32.5 Å². The molecular formula is C20H21N3O3. The predicted octanol–water partition coefficient (Wildman–Crippen LogP) is 3.33. The topological polar surface area (TPSA) is 75.5 Å². The molecule has 2 bridgehead atoms. The Kier molecular flexibility index (Phi) is 4.42. The number of hydrogen-bond donors (Lipinski definition) is 1. The van der Waals surface area contributed by atoms with Gasteiger partial charge in [-0.2, -0.15) is 0 Å². The van der Waals surface area contributed by atoms with E-state index in [-0.39, 0.29) is 17.5 Å². The number of non-ortho nitro benzene ring substituents is 1. The number of ketones is 1. The lowest BCUT2D eigenvalue weighted by molar-refractivity contribution is -0.384. The quantitative estimate of drug-likeness (QED) is 0.508. The van der Waals surface area contributed by atoms with Crippen molar-refractivity contribution in [3.63, 3.8) is 0 Å². The number of nitro benzene ring substituents is 1. The molecule has 0 aliphatic carbocycles. The molecular weight excluding hydrogens is 330 g/mol. The number of anilines is 1. The highest BCUT2D eigenvalue weighted by Crippen LogP contribution is 2.32. The predicted molar refractivity (Wildman–Crippen MR) is 99.5 cm³/mol. The van der Waals surface area contributed by atoms with Gasteiger partial charge in [-0.25, -0.2) is 0 Å². The standard InChI is InChI=1S/C20H21N3O3/c24-20(15-4-2-1-3-5-15)17-12-16(23(25)26)6-7-18(17)21-19-13-22-10-8-14(19)9-11-22/h1-7,12,14,19,21H,8-11,13H2. The van der Waals surface area contributed by atoms with Crippen molar-refractivity contribution in [2.45, 2.75) is 18.9 Å². The Morgan fingerprint density at radius 1 is 1.12 bits per heavy atom. The van der Waals surface area contributed by atoms with Crippen molar-refractivity contribution in [3.8, 4) is 0 Å². The fraction of sp³-hybridized carbons (Fsp3) is 0.350. The molecule has 0 radical (unpaired) electrons. The number of nitro groups is 1. The first-order valence-electron chi connectivity index (χ1n) is 8.99. The zero-order valence-corrected chi connectivity index (χ0v) is 14.4. The van der Waals surface area contributed by atoms with E-state index in [1.165, 1.54) is 12.1 Å². The largest absolute Gasteiger partial charge is 0.380 e.